The molecule has 0 aliphatic rings. The Kier molecular flexibility index (Phi) is 16.7. The van der Waals surface area contributed by atoms with Gasteiger partial charge in [-0.2, -0.15) is 11.8 Å². The Morgan fingerprint density at radius 3 is 0.808 bits per heavy atom. The van der Waals surface area contributed by atoms with E-state index < -0.39 is 5.69 Å². The van der Waals surface area contributed by atoms with Crippen LogP contribution in [-0.2, 0) is 79.0 Å². The maximum atomic E-state index is 9.29. The van der Waals surface area contributed by atoms with Crippen molar-refractivity contribution < 1.29 is 64.7 Å². The molecule has 0 heterocycles. The molecule has 0 atom stereocenters. The van der Waals surface area contributed by atoms with Crippen molar-refractivity contribution >= 4 is 42.2 Å². The van der Waals surface area contributed by atoms with Crippen LogP contribution < -0.4 is 22.3 Å². The Labute approximate surface area is 196 Å². The molecule has 3 aromatic rings. The van der Waals surface area contributed by atoms with Gasteiger partial charge < -0.3 is 27.7 Å². The van der Waals surface area contributed by atoms with Gasteiger partial charge in [0.25, 0.3) is 0 Å². The van der Waals surface area contributed by atoms with E-state index in [0.29, 0.717) is 0 Å². The van der Waals surface area contributed by atoms with E-state index in [1.54, 1.807) is 0 Å². The molecule has 0 aliphatic carbocycles. The Hall–Kier alpha value is 0.450. The summed E-state index contributed by atoms with van der Waals surface area (Å²) in [5, 5.41) is 0. The van der Waals surface area contributed by atoms with Crippen LogP contribution in [0.25, 0.3) is 0 Å². The second-order valence-corrected chi connectivity index (χ2v) is 14.5. The number of benzene rings is 3. The average Bonchev–Trinajstić information content (AvgIpc) is 2.57. The fraction of sp³-hybridized carbons (Fsp3) is 0. The normalized spacial score (nSPS) is 9.42. The fourth-order valence-electron chi connectivity index (χ4n) is 1.43. The molecule has 26 heavy (non-hydrogen) atoms. The molecule has 0 saturated heterocycles. The summed E-state index contributed by atoms with van der Waals surface area (Å²) in [4.78, 5) is 18.6. The molecule has 0 saturated carbocycles. The molecule has 0 bridgehead atoms. The molecule has 0 aromatic heterocycles. The SMILES string of the molecule is [O-]P([O-])(=S)[S-].[Zn+][c]1ccccc1.[Zn+][c]1ccccc1.[Zn+][c]1ccccc1. The Balaban J connectivity index is 0.000000324. The molecule has 3 aromatic carbocycles. The molecular formula is C18H15O2PS2Zn3. The molecule has 8 heteroatoms. The van der Waals surface area contributed by atoms with E-state index in [2.05, 4.69) is 96.9 Å². The van der Waals surface area contributed by atoms with Gasteiger partial charge in [0.05, 0.1) is 0 Å². The molecule has 0 unspecified atom stereocenters. The standard InChI is InChI=1S/3C6H5.H3O2PS2.3Zn/c3*1-2-4-6-5-3-1;1-3(2,4)5;;;/h3*1-5H;(H3,1,2,4,5);;;/q;;;;3*+1/p-3. The van der Waals surface area contributed by atoms with Crippen molar-refractivity contribution in [2.75, 3.05) is 0 Å². The molecule has 0 fully saturated rings. The number of hydrogen-bond donors (Lipinski definition) is 0. The van der Waals surface area contributed by atoms with Crippen molar-refractivity contribution in [1.82, 2.24) is 0 Å². The van der Waals surface area contributed by atoms with Gasteiger partial charge in [-0.05, 0) is 0 Å². The van der Waals surface area contributed by atoms with Crippen molar-refractivity contribution in [3.05, 3.63) is 91.0 Å². The number of rotatable bonds is 0. The minimum absolute atomic E-state index is 1.26. The summed E-state index contributed by atoms with van der Waals surface area (Å²) in [6, 6.07) is 31.4. The predicted molar refractivity (Wildman–Crippen MR) is 99.9 cm³/mol. The van der Waals surface area contributed by atoms with Crippen LogP contribution in [0.1, 0.15) is 0 Å². The van der Waals surface area contributed by atoms with Gasteiger partial charge in [-0.15, -0.1) is 0 Å². The zero-order valence-electron chi connectivity index (χ0n) is 14.4. The second-order valence-electron chi connectivity index (χ2n) is 4.90. The summed E-state index contributed by atoms with van der Waals surface area (Å²) in [5.74, 6) is 0. The van der Waals surface area contributed by atoms with Crippen LogP contribution in [-0.4, -0.2) is 0 Å². The number of hydrogen-bond acceptors (Lipinski definition) is 4. The van der Waals surface area contributed by atoms with Gasteiger partial charge in [0.1, 0.15) is 0 Å². The summed E-state index contributed by atoms with van der Waals surface area (Å²) >= 11 is 11.1. The predicted octanol–water partition coefficient (Wildman–Crippen LogP) is 1.05. The van der Waals surface area contributed by atoms with E-state index in [0.717, 1.165) is 0 Å². The van der Waals surface area contributed by atoms with E-state index in [9.17, 15) is 9.79 Å². The van der Waals surface area contributed by atoms with Crippen LogP contribution >= 0.6 is 5.69 Å². The van der Waals surface area contributed by atoms with Gasteiger partial charge in [0.2, 0.25) is 0 Å². The first-order valence-corrected chi connectivity index (χ1v) is 15.6. The molecule has 0 N–H and O–H groups in total. The third kappa shape index (κ3) is 22.5. The van der Waals surface area contributed by atoms with Gasteiger partial charge in [-0.25, -0.2) is 0 Å². The van der Waals surface area contributed by atoms with Crippen LogP contribution in [0, 0.1) is 0 Å². The third-order valence-electron chi connectivity index (χ3n) is 2.53. The first-order chi connectivity index (χ1) is 12.2. The molecule has 0 amide bonds. The van der Waals surface area contributed by atoms with Gasteiger partial charge in [-0.1, -0.05) is 0 Å². The summed E-state index contributed by atoms with van der Waals surface area (Å²) in [5.41, 5.74) is -3.72. The first kappa shape index (κ1) is 26.5. The molecule has 2 nitrogen and oxygen atoms in total. The van der Waals surface area contributed by atoms with Gasteiger partial charge in [0.15, 0.2) is 0 Å². The molecule has 3 rings (SSSR count). The summed E-state index contributed by atoms with van der Waals surface area (Å²) in [6.45, 7) is 0. The zero-order chi connectivity index (χ0) is 19.8. The molecule has 0 aliphatic heterocycles. The quantitative estimate of drug-likeness (QED) is 0.237. The van der Waals surface area contributed by atoms with Crippen molar-refractivity contribution in [3.8, 4) is 0 Å². The molecule has 0 spiro atoms. The average molecular weight is 555 g/mol. The second kappa shape index (κ2) is 16.4. The van der Waals surface area contributed by atoms with E-state index in [-0.39, 0.29) is 0 Å². The van der Waals surface area contributed by atoms with Crippen LogP contribution in [0.3, 0.4) is 0 Å². The van der Waals surface area contributed by atoms with Gasteiger partial charge >= 0.3 is 158 Å². The Bertz CT molecular complexity index is 645. The fourth-order valence-corrected chi connectivity index (χ4v) is 3.15. The molecule has 122 valence electrons. The summed E-state index contributed by atoms with van der Waals surface area (Å²) in [6.07, 6.45) is 0. The minimum atomic E-state index is -3.72. The van der Waals surface area contributed by atoms with Crippen LogP contribution in [0.2, 0.25) is 0 Å². The van der Waals surface area contributed by atoms with Crippen molar-refractivity contribution in [2.24, 2.45) is 0 Å². The monoisotopic (exact) mass is 550 g/mol. The topological polar surface area (TPSA) is 46.1 Å². The van der Waals surface area contributed by atoms with Crippen LogP contribution in [0.4, 0.5) is 0 Å². The van der Waals surface area contributed by atoms with Crippen molar-refractivity contribution in [1.29, 1.82) is 0 Å². The van der Waals surface area contributed by atoms with Crippen LogP contribution in [0.15, 0.2) is 91.0 Å². The van der Waals surface area contributed by atoms with E-state index in [4.69, 9.17) is 0 Å². The van der Waals surface area contributed by atoms with E-state index >= 15 is 0 Å². The van der Waals surface area contributed by atoms with Crippen molar-refractivity contribution in [2.45, 2.75) is 0 Å². The zero-order valence-corrected chi connectivity index (χ0v) is 25.8. The van der Waals surface area contributed by atoms with E-state index in [1.807, 2.05) is 18.2 Å². The van der Waals surface area contributed by atoms with E-state index in [1.165, 1.54) is 67.4 Å². The summed E-state index contributed by atoms with van der Waals surface area (Å²) in [7, 11) is 0. The Morgan fingerprint density at radius 1 is 0.577 bits per heavy atom. The van der Waals surface area contributed by atoms with Crippen molar-refractivity contribution in [3.63, 3.8) is 0 Å². The molecule has 0 radical (unpaired) electrons. The molecular weight excluding hydrogens is 539 g/mol. The van der Waals surface area contributed by atoms with Crippen LogP contribution in [0.5, 0.6) is 0 Å². The van der Waals surface area contributed by atoms with Gasteiger partial charge in [-0.3, -0.25) is 0 Å². The van der Waals surface area contributed by atoms with Gasteiger partial charge in [0, 0.05) is 0 Å². The Morgan fingerprint density at radius 2 is 0.731 bits per heavy atom. The maximum absolute atomic E-state index is 9.29. The third-order valence-corrected chi connectivity index (χ3v) is 5.50. The summed E-state index contributed by atoms with van der Waals surface area (Å²) < 4.78 is 4.34. The first-order valence-electron chi connectivity index (χ1n) is 7.52.